The minimum absolute atomic E-state index is 0. The summed E-state index contributed by atoms with van der Waals surface area (Å²) in [6.07, 6.45) is 2.53. The highest BCUT2D eigenvalue weighted by Gasteiger charge is 2.32. The molecule has 1 aliphatic rings. The molecule has 126 valence electrons. The molecule has 1 amide bonds. The fraction of sp³-hybridized carbons (Fsp3) is 0.562. The van der Waals surface area contributed by atoms with Crippen molar-refractivity contribution >= 4 is 29.4 Å². The number of amides is 1. The van der Waals surface area contributed by atoms with Crippen molar-refractivity contribution in [2.24, 2.45) is 11.7 Å². The number of nitrogens with two attached hydrogens (primary N) is 1. The van der Waals surface area contributed by atoms with Crippen LogP contribution in [0.2, 0.25) is 0 Å². The van der Waals surface area contributed by atoms with Gasteiger partial charge >= 0.3 is 0 Å². The van der Waals surface area contributed by atoms with Crippen LogP contribution in [0, 0.1) is 5.92 Å². The molecule has 23 heavy (non-hydrogen) atoms. The van der Waals surface area contributed by atoms with E-state index in [1.165, 1.54) is 0 Å². The second kappa shape index (κ2) is 6.84. The second-order valence-corrected chi connectivity index (χ2v) is 6.44. The Kier molecular flexibility index (Phi) is 5.26. The van der Waals surface area contributed by atoms with Gasteiger partial charge in [0.2, 0.25) is 0 Å². The third-order valence-corrected chi connectivity index (χ3v) is 4.41. The lowest BCUT2D eigenvalue weighted by molar-refractivity contribution is 0.0743. The number of carbonyl (C=O) groups is 1. The Morgan fingerprint density at radius 1 is 1.52 bits per heavy atom. The fourth-order valence-corrected chi connectivity index (χ4v) is 3.15. The molecule has 2 N–H and O–H groups in total. The van der Waals surface area contributed by atoms with Crippen LogP contribution in [0.1, 0.15) is 49.2 Å². The first-order chi connectivity index (χ1) is 10.5. The van der Waals surface area contributed by atoms with Gasteiger partial charge in [0.25, 0.3) is 11.6 Å². The first kappa shape index (κ1) is 17.7. The van der Waals surface area contributed by atoms with Gasteiger partial charge in [-0.05, 0) is 37.8 Å². The minimum Gasteiger partial charge on any atom is -0.336 e. The van der Waals surface area contributed by atoms with Gasteiger partial charge in [-0.25, -0.2) is 4.98 Å². The van der Waals surface area contributed by atoms with E-state index in [0.717, 1.165) is 24.0 Å². The summed E-state index contributed by atoms with van der Waals surface area (Å²) in [7, 11) is 0. The van der Waals surface area contributed by atoms with Crippen molar-refractivity contribution < 1.29 is 9.32 Å². The van der Waals surface area contributed by atoms with E-state index in [-0.39, 0.29) is 30.3 Å². The van der Waals surface area contributed by atoms with Gasteiger partial charge in [0.05, 0.1) is 16.6 Å². The maximum absolute atomic E-state index is 12.8. The summed E-state index contributed by atoms with van der Waals surface area (Å²) in [4.78, 5) is 18.9. The molecule has 2 unspecified atom stereocenters. The zero-order chi connectivity index (χ0) is 15.9. The molecular weight excluding hydrogens is 316 g/mol. The van der Waals surface area contributed by atoms with Crippen molar-refractivity contribution in [3.05, 3.63) is 23.5 Å². The molecule has 2 aromatic heterocycles. The predicted octanol–water partition coefficient (Wildman–Crippen LogP) is 2.58. The summed E-state index contributed by atoms with van der Waals surface area (Å²) >= 11 is 0. The maximum atomic E-state index is 12.8. The van der Waals surface area contributed by atoms with Gasteiger partial charge in [-0.15, -0.1) is 12.4 Å². The van der Waals surface area contributed by atoms with E-state index in [2.05, 4.69) is 17.1 Å². The lowest BCUT2D eigenvalue weighted by atomic mass is 10.1. The molecule has 7 heteroatoms. The lowest BCUT2D eigenvalue weighted by Gasteiger charge is -2.21. The van der Waals surface area contributed by atoms with E-state index in [1.54, 1.807) is 6.20 Å². The molecule has 3 rings (SSSR count). The number of rotatable bonds is 3. The Morgan fingerprint density at radius 3 is 2.87 bits per heavy atom. The minimum atomic E-state index is 0. The van der Waals surface area contributed by atoms with Crippen molar-refractivity contribution in [2.75, 3.05) is 13.1 Å². The van der Waals surface area contributed by atoms with Crippen LogP contribution < -0.4 is 5.73 Å². The molecule has 0 bridgehead atoms. The molecule has 1 fully saturated rings. The van der Waals surface area contributed by atoms with Crippen LogP contribution in [0.4, 0.5) is 0 Å². The van der Waals surface area contributed by atoms with Crippen molar-refractivity contribution in [1.82, 2.24) is 15.0 Å². The van der Waals surface area contributed by atoms with Gasteiger partial charge in [0.15, 0.2) is 0 Å². The summed E-state index contributed by atoms with van der Waals surface area (Å²) in [5.74, 6) is 0.618. The molecule has 0 radical (unpaired) electrons. The van der Waals surface area contributed by atoms with Gasteiger partial charge in [-0.2, -0.15) is 0 Å². The van der Waals surface area contributed by atoms with E-state index in [1.807, 2.05) is 24.8 Å². The second-order valence-electron chi connectivity index (χ2n) is 6.44. The normalized spacial score (nSPS) is 21.0. The summed E-state index contributed by atoms with van der Waals surface area (Å²) < 4.78 is 5.22. The van der Waals surface area contributed by atoms with E-state index >= 15 is 0 Å². The number of pyridine rings is 1. The number of aromatic nitrogens is 2. The number of hydrogen-bond donors (Lipinski definition) is 1. The van der Waals surface area contributed by atoms with Gasteiger partial charge in [-0.1, -0.05) is 19.0 Å². The Balaban J connectivity index is 0.00000192. The summed E-state index contributed by atoms with van der Waals surface area (Å²) in [5.41, 5.74) is 7.65. The molecule has 1 aliphatic heterocycles. The van der Waals surface area contributed by atoms with Crippen molar-refractivity contribution in [2.45, 2.75) is 39.2 Å². The van der Waals surface area contributed by atoms with Crippen molar-refractivity contribution in [1.29, 1.82) is 0 Å². The van der Waals surface area contributed by atoms with E-state index in [9.17, 15) is 4.79 Å². The molecule has 0 aliphatic carbocycles. The standard InChI is InChI=1S/C16H22N4O2.ClH/c1-9(2)14-13-5-12(7-18-15(13)22-19-14)16(21)20-8-11(6-17)4-10(20)3;/h5,7,9-11H,4,6,8,17H2,1-3H3;1H. The number of halogens is 1. The molecule has 0 saturated carbocycles. The average molecular weight is 339 g/mol. The summed E-state index contributed by atoms with van der Waals surface area (Å²) in [6, 6.07) is 2.06. The highest BCUT2D eigenvalue weighted by atomic mass is 35.5. The maximum Gasteiger partial charge on any atom is 0.257 e. The molecule has 3 heterocycles. The molecule has 6 nitrogen and oxygen atoms in total. The molecule has 0 spiro atoms. The summed E-state index contributed by atoms with van der Waals surface area (Å²) in [6.45, 7) is 7.49. The topological polar surface area (TPSA) is 85.2 Å². The molecule has 1 saturated heterocycles. The lowest BCUT2D eigenvalue weighted by Crippen LogP contribution is -2.34. The third kappa shape index (κ3) is 3.19. The van der Waals surface area contributed by atoms with Crippen molar-refractivity contribution in [3.63, 3.8) is 0 Å². The highest BCUT2D eigenvalue weighted by molar-refractivity contribution is 5.97. The molecular formula is C16H23ClN4O2. The van der Waals surface area contributed by atoms with E-state index in [0.29, 0.717) is 23.7 Å². The molecule has 2 aromatic rings. The van der Waals surface area contributed by atoms with Gasteiger partial charge in [0.1, 0.15) is 0 Å². The number of fused-ring (bicyclic) bond motifs is 1. The fourth-order valence-electron chi connectivity index (χ4n) is 3.15. The Labute approximate surface area is 141 Å². The van der Waals surface area contributed by atoms with Crippen LogP contribution in [-0.4, -0.2) is 40.1 Å². The Morgan fingerprint density at radius 2 is 2.26 bits per heavy atom. The smallest absolute Gasteiger partial charge is 0.257 e. The number of nitrogens with zero attached hydrogens (tertiary/aromatic N) is 3. The quantitative estimate of drug-likeness (QED) is 0.929. The predicted molar refractivity (Wildman–Crippen MR) is 90.8 cm³/mol. The van der Waals surface area contributed by atoms with Crippen LogP contribution in [0.5, 0.6) is 0 Å². The highest BCUT2D eigenvalue weighted by Crippen LogP contribution is 2.27. The SMILES string of the molecule is CC(C)c1noc2ncc(C(=O)N3CC(CN)CC3C)cc12.Cl. The number of likely N-dealkylation sites (tertiary alicyclic amines) is 1. The van der Waals surface area contributed by atoms with Gasteiger partial charge in [-0.3, -0.25) is 4.79 Å². The van der Waals surface area contributed by atoms with Crippen LogP contribution in [0.3, 0.4) is 0 Å². The van der Waals surface area contributed by atoms with Crippen LogP contribution in [0.15, 0.2) is 16.8 Å². The zero-order valence-corrected chi connectivity index (χ0v) is 14.5. The van der Waals surface area contributed by atoms with E-state index < -0.39 is 0 Å². The first-order valence-corrected chi connectivity index (χ1v) is 7.77. The first-order valence-electron chi connectivity index (χ1n) is 7.77. The van der Waals surface area contributed by atoms with Crippen LogP contribution >= 0.6 is 12.4 Å². The van der Waals surface area contributed by atoms with E-state index in [4.69, 9.17) is 10.3 Å². The zero-order valence-electron chi connectivity index (χ0n) is 13.7. The molecule has 2 atom stereocenters. The monoisotopic (exact) mass is 338 g/mol. The van der Waals surface area contributed by atoms with Crippen molar-refractivity contribution in [3.8, 4) is 0 Å². The molecule has 0 aromatic carbocycles. The Hall–Kier alpha value is -1.66. The van der Waals surface area contributed by atoms with Gasteiger partial charge < -0.3 is 15.2 Å². The number of carbonyl (C=O) groups excluding carboxylic acids is 1. The van der Waals surface area contributed by atoms with Crippen LogP contribution in [0.25, 0.3) is 11.1 Å². The van der Waals surface area contributed by atoms with Gasteiger partial charge in [0, 0.05) is 18.8 Å². The number of hydrogen-bond acceptors (Lipinski definition) is 5. The summed E-state index contributed by atoms with van der Waals surface area (Å²) in [5, 5.41) is 4.88. The largest absolute Gasteiger partial charge is 0.336 e. The average Bonchev–Trinajstić information content (AvgIpc) is 3.09. The third-order valence-electron chi connectivity index (χ3n) is 4.41. The van der Waals surface area contributed by atoms with Crippen LogP contribution in [-0.2, 0) is 0 Å². The Bertz CT molecular complexity index is 700.